The summed E-state index contributed by atoms with van der Waals surface area (Å²) in [5.74, 6) is 0.885. The van der Waals surface area contributed by atoms with E-state index in [9.17, 15) is 9.90 Å². The Morgan fingerprint density at radius 3 is 2.89 bits per heavy atom. The number of anilines is 1. The Balaban J connectivity index is 2.45. The minimum Gasteiger partial charge on any atom is -0.481 e. The number of carboxylic acid groups (broad SMARTS) is 1. The van der Waals surface area contributed by atoms with Gasteiger partial charge < -0.3 is 14.7 Å². The summed E-state index contributed by atoms with van der Waals surface area (Å²) in [6, 6.07) is 1.70. The molecular weight excluding hydrogens is 246 g/mol. The third kappa shape index (κ3) is 2.22. The minimum absolute atomic E-state index is 0.463. The van der Waals surface area contributed by atoms with Crippen LogP contribution in [0, 0.1) is 6.92 Å². The molecule has 0 radical (unpaired) electrons. The second kappa shape index (κ2) is 5.03. The molecule has 0 aliphatic carbocycles. The van der Waals surface area contributed by atoms with Gasteiger partial charge in [0.05, 0.1) is 7.11 Å². The highest BCUT2D eigenvalue weighted by Crippen LogP contribution is 2.36. The van der Waals surface area contributed by atoms with Crippen LogP contribution in [0.25, 0.3) is 0 Å². The zero-order valence-corrected chi connectivity index (χ0v) is 11.5. The lowest BCUT2D eigenvalue weighted by Gasteiger charge is -2.34. The topological polar surface area (TPSA) is 75.5 Å². The number of nitrogens with zero attached hydrogens (tertiary/aromatic N) is 3. The lowest BCUT2D eigenvalue weighted by molar-refractivity contribution is -0.143. The smallest absolute Gasteiger partial charge is 0.329 e. The van der Waals surface area contributed by atoms with Crippen molar-refractivity contribution in [2.24, 2.45) is 0 Å². The molecule has 104 valence electrons. The number of carboxylic acids is 1. The van der Waals surface area contributed by atoms with Gasteiger partial charge in [0.1, 0.15) is 17.2 Å². The van der Waals surface area contributed by atoms with E-state index in [1.165, 1.54) is 0 Å². The number of hydrogen-bond donors (Lipinski definition) is 1. The summed E-state index contributed by atoms with van der Waals surface area (Å²) >= 11 is 0. The lowest BCUT2D eigenvalue weighted by atomic mass is 9.93. The van der Waals surface area contributed by atoms with E-state index in [0.29, 0.717) is 36.9 Å². The number of methoxy groups -OCH3 is 1. The first kappa shape index (κ1) is 13.6. The van der Waals surface area contributed by atoms with E-state index in [4.69, 9.17) is 4.74 Å². The highest BCUT2D eigenvalue weighted by atomic mass is 16.5. The van der Waals surface area contributed by atoms with Crippen molar-refractivity contribution < 1.29 is 14.6 Å². The van der Waals surface area contributed by atoms with Crippen LogP contribution < -0.4 is 9.64 Å². The summed E-state index contributed by atoms with van der Waals surface area (Å²) in [6.07, 6.45) is 2.05. The molecule has 0 bridgehead atoms. The molecule has 0 aromatic carbocycles. The lowest BCUT2D eigenvalue weighted by Crippen LogP contribution is -2.50. The molecule has 6 nitrogen and oxygen atoms in total. The van der Waals surface area contributed by atoms with Crippen LogP contribution in [0.5, 0.6) is 5.88 Å². The van der Waals surface area contributed by atoms with Crippen LogP contribution in [-0.4, -0.2) is 40.2 Å². The molecule has 0 spiro atoms. The fraction of sp³-hybridized carbons (Fsp3) is 0.615. The van der Waals surface area contributed by atoms with Gasteiger partial charge in [-0.05, 0) is 26.2 Å². The fourth-order valence-electron chi connectivity index (χ4n) is 2.72. The molecule has 1 aromatic heterocycles. The first-order chi connectivity index (χ1) is 9.03. The van der Waals surface area contributed by atoms with Gasteiger partial charge in [-0.1, -0.05) is 6.92 Å². The van der Waals surface area contributed by atoms with Gasteiger partial charge in [0, 0.05) is 12.6 Å². The Kier molecular flexibility index (Phi) is 3.59. The molecule has 1 aliphatic rings. The number of carbonyl (C=O) groups is 1. The third-order valence-corrected chi connectivity index (χ3v) is 3.76. The van der Waals surface area contributed by atoms with E-state index >= 15 is 0 Å². The second-order valence-corrected chi connectivity index (χ2v) is 4.76. The van der Waals surface area contributed by atoms with Crippen LogP contribution in [0.4, 0.5) is 5.82 Å². The monoisotopic (exact) mass is 265 g/mol. The molecule has 1 fully saturated rings. The maximum atomic E-state index is 11.7. The SMILES string of the molecule is CCC1(C(=O)O)CCCN1c1cc(OC)nc(C)n1. The van der Waals surface area contributed by atoms with Gasteiger partial charge >= 0.3 is 5.97 Å². The summed E-state index contributed by atoms with van der Waals surface area (Å²) in [5.41, 5.74) is -0.855. The Bertz CT molecular complexity index is 492. The number of aromatic nitrogens is 2. The molecule has 1 atom stereocenters. The average Bonchev–Trinajstić information content (AvgIpc) is 2.83. The van der Waals surface area contributed by atoms with Crippen LogP contribution in [-0.2, 0) is 4.79 Å². The summed E-state index contributed by atoms with van der Waals surface area (Å²) in [4.78, 5) is 22.0. The van der Waals surface area contributed by atoms with Gasteiger partial charge in [-0.3, -0.25) is 0 Å². The van der Waals surface area contributed by atoms with Crippen molar-refractivity contribution in [3.05, 3.63) is 11.9 Å². The zero-order valence-electron chi connectivity index (χ0n) is 11.5. The highest BCUT2D eigenvalue weighted by molar-refractivity contribution is 5.84. The van der Waals surface area contributed by atoms with Gasteiger partial charge in [-0.15, -0.1) is 0 Å². The minimum atomic E-state index is -0.855. The Labute approximate surface area is 112 Å². The molecule has 1 unspecified atom stereocenters. The van der Waals surface area contributed by atoms with Crippen LogP contribution in [0.2, 0.25) is 0 Å². The van der Waals surface area contributed by atoms with Crippen LogP contribution in [0.1, 0.15) is 32.0 Å². The van der Waals surface area contributed by atoms with Crippen molar-refractivity contribution in [1.82, 2.24) is 9.97 Å². The molecule has 19 heavy (non-hydrogen) atoms. The number of hydrogen-bond acceptors (Lipinski definition) is 5. The van der Waals surface area contributed by atoms with Crippen LogP contribution in [0.15, 0.2) is 6.07 Å². The molecule has 1 aliphatic heterocycles. The predicted molar refractivity (Wildman–Crippen MR) is 70.6 cm³/mol. The van der Waals surface area contributed by atoms with Crippen molar-refractivity contribution >= 4 is 11.8 Å². The van der Waals surface area contributed by atoms with Gasteiger partial charge in [0.15, 0.2) is 0 Å². The molecule has 0 amide bonds. The molecular formula is C13H19N3O3. The molecule has 1 aromatic rings. The van der Waals surface area contributed by atoms with Crippen LogP contribution in [0.3, 0.4) is 0 Å². The van der Waals surface area contributed by atoms with E-state index in [1.807, 2.05) is 11.8 Å². The maximum absolute atomic E-state index is 11.7. The van der Waals surface area contributed by atoms with Crippen molar-refractivity contribution in [3.63, 3.8) is 0 Å². The zero-order chi connectivity index (χ0) is 14.0. The van der Waals surface area contributed by atoms with Gasteiger partial charge in [-0.25, -0.2) is 9.78 Å². The van der Waals surface area contributed by atoms with Crippen molar-refractivity contribution in [2.45, 2.75) is 38.6 Å². The molecule has 1 saturated heterocycles. The Morgan fingerprint density at radius 1 is 1.58 bits per heavy atom. The van der Waals surface area contributed by atoms with E-state index in [-0.39, 0.29) is 0 Å². The molecule has 0 saturated carbocycles. The number of ether oxygens (including phenoxy) is 1. The first-order valence-electron chi connectivity index (χ1n) is 6.44. The van der Waals surface area contributed by atoms with Crippen LogP contribution >= 0.6 is 0 Å². The normalized spacial score (nSPS) is 22.6. The summed E-state index contributed by atoms with van der Waals surface area (Å²) in [7, 11) is 1.54. The first-order valence-corrected chi connectivity index (χ1v) is 6.44. The van der Waals surface area contributed by atoms with Crippen molar-refractivity contribution in [3.8, 4) is 5.88 Å². The van der Waals surface area contributed by atoms with Crippen molar-refractivity contribution in [1.29, 1.82) is 0 Å². The third-order valence-electron chi connectivity index (χ3n) is 3.76. The van der Waals surface area contributed by atoms with Crippen molar-refractivity contribution in [2.75, 3.05) is 18.6 Å². The van der Waals surface area contributed by atoms with E-state index < -0.39 is 11.5 Å². The Morgan fingerprint density at radius 2 is 2.32 bits per heavy atom. The molecule has 2 heterocycles. The average molecular weight is 265 g/mol. The molecule has 6 heteroatoms. The largest absolute Gasteiger partial charge is 0.481 e. The van der Waals surface area contributed by atoms with Gasteiger partial charge in [-0.2, -0.15) is 4.98 Å². The fourth-order valence-corrected chi connectivity index (χ4v) is 2.72. The van der Waals surface area contributed by atoms with Gasteiger partial charge in [0.25, 0.3) is 0 Å². The highest BCUT2D eigenvalue weighted by Gasteiger charge is 2.47. The summed E-state index contributed by atoms with van der Waals surface area (Å²) in [6.45, 7) is 4.37. The van der Waals surface area contributed by atoms with E-state index in [1.54, 1.807) is 20.1 Å². The summed E-state index contributed by atoms with van der Waals surface area (Å²) in [5, 5.41) is 9.57. The second-order valence-electron chi connectivity index (χ2n) is 4.76. The van der Waals surface area contributed by atoms with Gasteiger partial charge in [0.2, 0.25) is 5.88 Å². The van der Waals surface area contributed by atoms with E-state index in [0.717, 1.165) is 6.42 Å². The molecule has 2 rings (SSSR count). The van der Waals surface area contributed by atoms with E-state index in [2.05, 4.69) is 9.97 Å². The number of aryl methyl sites for hydroxylation is 1. The summed E-state index contributed by atoms with van der Waals surface area (Å²) < 4.78 is 5.13. The number of rotatable bonds is 4. The Hall–Kier alpha value is -1.85. The number of aliphatic carboxylic acids is 1. The predicted octanol–water partition coefficient (Wildman–Crippen LogP) is 1.63. The standard InChI is InChI=1S/C13H19N3O3/c1-4-13(12(17)18)6-5-7-16(13)10-8-11(19-3)15-9(2)14-10/h8H,4-7H2,1-3H3,(H,17,18). The maximum Gasteiger partial charge on any atom is 0.329 e. The molecule has 1 N–H and O–H groups in total. The quantitative estimate of drug-likeness (QED) is 0.891.